The number of amides is 1. The van der Waals surface area contributed by atoms with E-state index in [1.54, 1.807) is 4.90 Å². The zero-order chi connectivity index (χ0) is 12.3. The van der Waals surface area contributed by atoms with Gasteiger partial charge in [-0.1, -0.05) is 13.8 Å². The molecule has 1 heterocycles. The average Bonchev–Trinajstić information content (AvgIpc) is 2.62. The molecule has 1 rings (SSSR count). The highest BCUT2D eigenvalue weighted by molar-refractivity contribution is 7.16. The van der Waals surface area contributed by atoms with Gasteiger partial charge in [-0.3, -0.25) is 4.79 Å². The Labute approximate surface area is 101 Å². The second-order valence-electron chi connectivity index (χ2n) is 4.06. The molecule has 16 heavy (non-hydrogen) atoms. The molecule has 0 saturated heterocycles. The molecule has 3 nitrogen and oxygen atoms in total. The molecule has 0 unspecified atom stereocenters. The molecule has 1 aromatic heterocycles. The number of anilines is 1. The summed E-state index contributed by atoms with van der Waals surface area (Å²) in [5, 5.41) is 0.639. The minimum atomic E-state index is 0.0469. The van der Waals surface area contributed by atoms with Crippen LogP contribution in [0.25, 0.3) is 0 Å². The van der Waals surface area contributed by atoms with Crippen molar-refractivity contribution in [2.45, 2.75) is 33.6 Å². The summed E-state index contributed by atoms with van der Waals surface area (Å²) in [6.45, 7) is 9.62. The molecular formula is C12H20N2OS. The minimum absolute atomic E-state index is 0.0469. The summed E-state index contributed by atoms with van der Waals surface area (Å²) in [7, 11) is 0. The van der Waals surface area contributed by atoms with E-state index in [1.165, 1.54) is 16.2 Å². The smallest absolute Gasteiger partial charge is 0.256 e. The van der Waals surface area contributed by atoms with Gasteiger partial charge in [0.1, 0.15) is 0 Å². The predicted octanol–water partition coefficient (Wildman–Crippen LogP) is 2.94. The van der Waals surface area contributed by atoms with Gasteiger partial charge in [-0.05, 0) is 25.8 Å². The van der Waals surface area contributed by atoms with Crippen molar-refractivity contribution in [2.24, 2.45) is 0 Å². The van der Waals surface area contributed by atoms with Gasteiger partial charge in [-0.15, -0.1) is 11.3 Å². The van der Waals surface area contributed by atoms with Crippen LogP contribution >= 0.6 is 11.3 Å². The number of hydrogen-bond acceptors (Lipinski definition) is 3. The maximum atomic E-state index is 12.1. The Hall–Kier alpha value is -1.03. The second-order valence-corrected chi connectivity index (χ2v) is 5.17. The van der Waals surface area contributed by atoms with Gasteiger partial charge in [-0.25, -0.2) is 0 Å². The third-order valence-electron chi connectivity index (χ3n) is 2.63. The summed E-state index contributed by atoms with van der Waals surface area (Å²) in [6.07, 6.45) is 0. The van der Waals surface area contributed by atoms with Crippen molar-refractivity contribution in [1.82, 2.24) is 4.90 Å². The Balaban J connectivity index is 2.99. The summed E-state index contributed by atoms with van der Waals surface area (Å²) < 4.78 is 0. The number of thiophene rings is 1. The van der Waals surface area contributed by atoms with Gasteiger partial charge >= 0.3 is 0 Å². The van der Waals surface area contributed by atoms with Crippen LogP contribution in [0.5, 0.6) is 0 Å². The first-order valence-corrected chi connectivity index (χ1v) is 6.51. The Bertz CT molecular complexity index is 367. The minimum Gasteiger partial charge on any atom is -0.390 e. The molecule has 0 aliphatic rings. The molecule has 0 aromatic carbocycles. The van der Waals surface area contributed by atoms with Crippen molar-refractivity contribution in [3.8, 4) is 0 Å². The topological polar surface area (TPSA) is 46.3 Å². The predicted molar refractivity (Wildman–Crippen MR) is 70.1 cm³/mol. The quantitative estimate of drug-likeness (QED) is 0.879. The number of carbonyl (C=O) groups is 1. The summed E-state index contributed by atoms with van der Waals surface area (Å²) in [6, 6.07) is 1.94. The highest BCUT2D eigenvalue weighted by Crippen LogP contribution is 2.31. The average molecular weight is 240 g/mol. The van der Waals surface area contributed by atoms with Gasteiger partial charge in [0.25, 0.3) is 5.91 Å². The van der Waals surface area contributed by atoms with E-state index in [-0.39, 0.29) is 5.91 Å². The molecule has 0 saturated carbocycles. The van der Waals surface area contributed by atoms with Crippen LogP contribution in [0.4, 0.5) is 5.00 Å². The van der Waals surface area contributed by atoms with Crippen LogP contribution in [-0.2, 0) is 0 Å². The second kappa shape index (κ2) is 5.34. The fourth-order valence-electron chi connectivity index (χ4n) is 1.56. The molecule has 1 aromatic rings. The lowest BCUT2D eigenvalue weighted by Crippen LogP contribution is -2.30. The van der Waals surface area contributed by atoms with Crippen LogP contribution in [0.15, 0.2) is 6.07 Å². The molecule has 1 amide bonds. The molecule has 4 heteroatoms. The fourth-order valence-corrected chi connectivity index (χ4v) is 2.48. The van der Waals surface area contributed by atoms with E-state index in [4.69, 9.17) is 5.73 Å². The van der Waals surface area contributed by atoms with E-state index in [2.05, 4.69) is 13.8 Å². The van der Waals surface area contributed by atoms with Gasteiger partial charge in [0.2, 0.25) is 0 Å². The SMILES string of the molecule is CCN(CC)C(=O)c1cc(C(C)C)sc1N. The monoisotopic (exact) mass is 240 g/mol. The van der Waals surface area contributed by atoms with E-state index in [0.29, 0.717) is 16.5 Å². The Kier molecular flexibility index (Phi) is 4.35. The molecule has 0 radical (unpaired) electrons. The van der Waals surface area contributed by atoms with E-state index < -0.39 is 0 Å². The van der Waals surface area contributed by atoms with E-state index in [9.17, 15) is 4.79 Å². The molecule has 0 aliphatic heterocycles. The van der Waals surface area contributed by atoms with Crippen LogP contribution in [-0.4, -0.2) is 23.9 Å². The number of nitrogens with zero attached hydrogens (tertiary/aromatic N) is 1. The highest BCUT2D eigenvalue weighted by atomic mass is 32.1. The van der Waals surface area contributed by atoms with E-state index in [0.717, 1.165) is 13.1 Å². The summed E-state index contributed by atoms with van der Waals surface area (Å²) in [5.74, 6) is 0.469. The third kappa shape index (κ3) is 2.55. The maximum Gasteiger partial charge on any atom is 0.256 e. The van der Waals surface area contributed by atoms with Crippen LogP contribution in [0.1, 0.15) is 48.8 Å². The Morgan fingerprint density at radius 2 is 2.00 bits per heavy atom. The van der Waals surface area contributed by atoms with Gasteiger partial charge in [-0.2, -0.15) is 0 Å². The van der Waals surface area contributed by atoms with Crippen molar-refractivity contribution >= 4 is 22.2 Å². The number of hydrogen-bond donors (Lipinski definition) is 1. The fraction of sp³-hybridized carbons (Fsp3) is 0.583. The van der Waals surface area contributed by atoms with Gasteiger partial charge in [0.05, 0.1) is 10.6 Å². The number of rotatable bonds is 4. The zero-order valence-electron chi connectivity index (χ0n) is 10.4. The lowest BCUT2D eigenvalue weighted by Gasteiger charge is -2.18. The van der Waals surface area contributed by atoms with Crippen molar-refractivity contribution < 1.29 is 4.79 Å². The maximum absolute atomic E-state index is 12.1. The first kappa shape index (κ1) is 13.0. The van der Waals surface area contributed by atoms with Gasteiger partial charge in [0, 0.05) is 18.0 Å². The van der Waals surface area contributed by atoms with Crippen LogP contribution in [0.3, 0.4) is 0 Å². The molecule has 0 bridgehead atoms. The largest absolute Gasteiger partial charge is 0.390 e. The molecule has 0 spiro atoms. The summed E-state index contributed by atoms with van der Waals surface area (Å²) in [4.78, 5) is 15.1. The highest BCUT2D eigenvalue weighted by Gasteiger charge is 2.19. The first-order chi connectivity index (χ1) is 7.51. The van der Waals surface area contributed by atoms with E-state index in [1.807, 2.05) is 19.9 Å². The molecular weight excluding hydrogens is 220 g/mol. The molecule has 90 valence electrons. The molecule has 0 fully saturated rings. The number of nitrogens with two attached hydrogens (primary N) is 1. The lowest BCUT2D eigenvalue weighted by atomic mass is 10.1. The first-order valence-electron chi connectivity index (χ1n) is 5.69. The van der Waals surface area contributed by atoms with Crippen LogP contribution in [0, 0.1) is 0 Å². The Morgan fingerprint density at radius 3 is 2.38 bits per heavy atom. The summed E-state index contributed by atoms with van der Waals surface area (Å²) in [5.41, 5.74) is 6.56. The van der Waals surface area contributed by atoms with Crippen LogP contribution in [0.2, 0.25) is 0 Å². The standard InChI is InChI=1S/C12H20N2OS/c1-5-14(6-2)12(15)9-7-10(8(3)4)16-11(9)13/h7-8H,5-6,13H2,1-4H3. The van der Waals surface area contributed by atoms with Gasteiger partial charge < -0.3 is 10.6 Å². The van der Waals surface area contributed by atoms with Crippen molar-refractivity contribution in [3.05, 3.63) is 16.5 Å². The lowest BCUT2D eigenvalue weighted by molar-refractivity contribution is 0.0774. The number of nitrogen functional groups attached to an aromatic ring is 1. The van der Waals surface area contributed by atoms with Crippen molar-refractivity contribution in [3.63, 3.8) is 0 Å². The molecule has 0 aliphatic carbocycles. The van der Waals surface area contributed by atoms with Crippen molar-refractivity contribution in [1.29, 1.82) is 0 Å². The summed E-state index contributed by atoms with van der Waals surface area (Å²) >= 11 is 1.52. The van der Waals surface area contributed by atoms with Crippen LogP contribution < -0.4 is 5.73 Å². The zero-order valence-corrected chi connectivity index (χ0v) is 11.2. The van der Waals surface area contributed by atoms with E-state index >= 15 is 0 Å². The van der Waals surface area contributed by atoms with Crippen molar-refractivity contribution in [2.75, 3.05) is 18.8 Å². The normalized spacial score (nSPS) is 10.8. The van der Waals surface area contributed by atoms with Gasteiger partial charge in [0.15, 0.2) is 0 Å². The Morgan fingerprint density at radius 1 is 1.44 bits per heavy atom. The molecule has 2 N–H and O–H groups in total. The molecule has 0 atom stereocenters. The number of carbonyl (C=O) groups excluding carboxylic acids is 1. The third-order valence-corrected chi connectivity index (χ3v) is 3.89.